The molecule has 1 saturated heterocycles. The highest BCUT2D eigenvalue weighted by atomic mass is 32.2. The molecule has 0 bridgehead atoms. The Balaban J connectivity index is 1.69. The summed E-state index contributed by atoms with van der Waals surface area (Å²) in [5.74, 6) is 1.34. The average molecular weight is 478 g/mol. The van der Waals surface area contributed by atoms with Crippen molar-refractivity contribution >= 4 is 33.4 Å². The van der Waals surface area contributed by atoms with Crippen LogP contribution >= 0.6 is 11.8 Å². The van der Waals surface area contributed by atoms with Gasteiger partial charge in [-0.05, 0) is 61.2 Å². The van der Waals surface area contributed by atoms with Crippen molar-refractivity contribution in [2.75, 3.05) is 50.2 Å². The summed E-state index contributed by atoms with van der Waals surface area (Å²) < 4.78 is 33.6. The van der Waals surface area contributed by atoms with E-state index in [1.165, 1.54) is 12.1 Å². The monoisotopic (exact) mass is 477 g/mol. The molecular formula is C23H31N3O4S2. The molecule has 0 aliphatic carbocycles. The Bertz CT molecular complexity index is 968. The van der Waals surface area contributed by atoms with Crippen LogP contribution in [0.3, 0.4) is 0 Å². The lowest BCUT2D eigenvalue weighted by Gasteiger charge is -2.27. The number of nitrogens with zero attached hydrogens (tertiary/aromatic N) is 2. The van der Waals surface area contributed by atoms with Crippen LogP contribution in [0.1, 0.15) is 12.8 Å². The second-order valence-electron chi connectivity index (χ2n) is 7.63. The van der Waals surface area contributed by atoms with E-state index < -0.39 is 16.1 Å². The third-order valence-electron chi connectivity index (χ3n) is 5.50. The molecule has 0 saturated carbocycles. The molecule has 1 fully saturated rings. The van der Waals surface area contributed by atoms with Crippen molar-refractivity contribution in [3.63, 3.8) is 0 Å². The van der Waals surface area contributed by atoms with E-state index in [-0.39, 0.29) is 10.8 Å². The van der Waals surface area contributed by atoms with Crippen LogP contribution in [0.15, 0.2) is 59.5 Å². The molecule has 174 valence electrons. The second-order valence-corrected chi connectivity index (χ2v) is 10.3. The number of ether oxygens (including phenoxy) is 1. The second kappa shape index (κ2) is 11.6. The predicted molar refractivity (Wildman–Crippen MR) is 130 cm³/mol. The number of hydrogen-bond acceptors (Lipinski definition) is 6. The molecule has 1 amide bonds. The number of rotatable bonds is 9. The fourth-order valence-electron chi connectivity index (χ4n) is 3.73. The van der Waals surface area contributed by atoms with Gasteiger partial charge in [0.1, 0.15) is 11.8 Å². The zero-order valence-corrected chi connectivity index (χ0v) is 20.2. The SMILES string of the molecule is COc1ccc(N2CCCN(C(=O)C(CCSC)NS(=O)(=O)c3ccccc3)CC2)cc1. The van der Waals surface area contributed by atoms with E-state index >= 15 is 0 Å². The van der Waals surface area contributed by atoms with Gasteiger partial charge in [-0.2, -0.15) is 16.5 Å². The summed E-state index contributed by atoms with van der Waals surface area (Å²) in [4.78, 5) is 17.6. The number of hydrogen-bond donors (Lipinski definition) is 1. The lowest BCUT2D eigenvalue weighted by atomic mass is 10.2. The van der Waals surface area contributed by atoms with Crippen molar-refractivity contribution in [3.05, 3.63) is 54.6 Å². The van der Waals surface area contributed by atoms with Crippen LogP contribution in [0.5, 0.6) is 5.75 Å². The Labute approximate surface area is 195 Å². The number of nitrogens with one attached hydrogen (secondary N) is 1. The number of benzene rings is 2. The van der Waals surface area contributed by atoms with Gasteiger partial charge < -0.3 is 14.5 Å². The lowest BCUT2D eigenvalue weighted by Crippen LogP contribution is -2.49. The summed E-state index contributed by atoms with van der Waals surface area (Å²) in [5.41, 5.74) is 1.09. The number of thioether (sulfide) groups is 1. The number of amides is 1. The van der Waals surface area contributed by atoms with E-state index in [0.717, 1.165) is 24.4 Å². The van der Waals surface area contributed by atoms with Gasteiger partial charge >= 0.3 is 0 Å². The quantitative estimate of drug-likeness (QED) is 0.598. The van der Waals surface area contributed by atoms with E-state index in [1.807, 2.05) is 30.5 Å². The predicted octanol–water partition coefficient (Wildman–Crippen LogP) is 2.83. The molecule has 0 radical (unpaired) electrons. The van der Waals surface area contributed by atoms with Gasteiger partial charge in [0.2, 0.25) is 15.9 Å². The number of carbonyl (C=O) groups excluding carboxylic acids is 1. The van der Waals surface area contributed by atoms with Gasteiger partial charge in [0, 0.05) is 31.9 Å². The van der Waals surface area contributed by atoms with Crippen molar-refractivity contribution in [1.82, 2.24) is 9.62 Å². The lowest BCUT2D eigenvalue weighted by molar-refractivity contribution is -0.132. The summed E-state index contributed by atoms with van der Waals surface area (Å²) in [6.45, 7) is 2.68. The minimum atomic E-state index is -3.77. The van der Waals surface area contributed by atoms with Crippen molar-refractivity contribution < 1.29 is 17.9 Å². The van der Waals surface area contributed by atoms with Gasteiger partial charge in [-0.15, -0.1) is 0 Å². The van der Waals surface area contributed by atoms with Crippen LogP contribution in [0, 0.1) is 0 Å². The number of methoxy groups -OCH3 is 1. The number of sulfonamides is 1. The minimum Gasteiger partial charge on any atom is -0.497 e. The largest absolute Gasteiger partial charge is 0.497 e. The summed E-state index contributed by atoms with van der Waals surface area (Å²) in [6.07, 6.45) is 3.22. The van der Waals surface area contributed by atoms with E-state index in [0.29, 0.717) is 31.8 Å². The summed E-state index contributed by atoms with van der Waals surface area (Å²) in [7, 11) is -2.13. The van der Waals surface area contributed by atoms with Gasteiger partial charge in [0.15, 0.2) is 0 Å². The molecule has 2 aromatic rings. The molecule has 3 rings (SSSR count). The molecule has 9 heteroatoms. The first-order valence-electron chi connectivity index (χ1n) is 10.7. The third-order valence-corrected chi connectivity index (χ3v) is 7.64. The first kappa shape index (κ1) is 24.4. The van der Waals surface area contributed by atoms with Gasteiger partial charge in [0.25, 0.3) is 0 Å². The van der Waals surface area contributed by atoms with Crippen LogP contribution in [0.2, 0.25) is 0 Å². The normalized spacial score (nSPS) is 15.8. The van der Waals surface area contributed by atoms with Crippen molar-refractivity contribution in [1.29, 1.82) is 0 Å². The Kier molecular flexibility index (Phi) is 8.84. The molecule has 0 spiro atoms. The molecule has 1 heterocycles. The fraction of sp³-hybridized carbons (Fsp3) is 0.435. The van der Waals surface area contributed by atoms with Crippen molar-refractivity contribution in [2.24, 2.45) is 0 Å². The van der Waals surface area contributed by atoms with Crippen molar-refractivity contribution in [3.8, 4) is 5.75 Å². The zero-order valence-electron chi connectivity index (χ0n) is 18.6. The van der Waals surface area contributed by atoms with Gasteiger partial charge in [-0.3, -0.25) is 4.79 Å². The van der Waals surface area contributed by atoms with Crippen LogP contribution < -0.4 is 14.4 Å². The highest BCUT2D eigenvalue weighted by molar-refractivity contribution is 7.98. The minimum absolute atomic E-state index is 0.157. The summed E-state index contributed by atoms with van der Waals surface area (Å²) in [5, 5.41) is 0. The first-order valence-corrected chi connectivity index (χ1v) is 13.6. The number of carbonyl (C=O) groups is 1. The molecule has 1 N–H and O–H groups in total. The highest BCUT2D eigenvalue weighted by Gasteiger charge is 2.30. The molecule has 2 aromatic carbocycles. The maximum Gasteiger partial charge on any atom is 0.241 e. The summed E-state index contributed by atoms with van der Waals surface area (Å²) >= 11 is 1.60. The van der Waals surface area contributed by atoms with Crippen molar-refractivity contribution in [2.45, 2.75) is 23.8 Å². The van der Waals surface area contributed by atoms with Crippen LogP contribution in [0.4, 0.5) is 5.69 Å². The molecule has 1 aliphatic heterocycles. The Morgan fingerprint density at radius 1 is 1.06 bits per heavy atom. The van der Waals surface area contributed by atoms with E-state index in [9.17, 15) is 13.2 Å². The van der Waals surface area contributed by atoms with Crippen LogP contribution in [0.25, 0.3) is 0 Å². The van der Waals surface area contributed by atoms with Crippen LogP contribution in [-0.2, 0) is 14.8 Å². The first-order chi connectivity index (χ1) is 15.4. The molecule has 1 atom stereocenters. The standard InChI is InChI=1S/C23H31N3O4S2/c1-30-20-11-9-19(10-12-20)25-14-6-15-26(17-16-25)23(27)22(13-18-31-2)24-32(28,29)21-7-4-3-5-8-21/h3-5,7-12,22,24H,6,13-18H2,1-2H3. The molecule has 7 nitrogen and oxygen atoms in total. The van der Waals surface area contributed by atoms with Gasteiger partial charge in [-0.25, -0.2) is 8.42 Å². The van der Waals surface area contributed by atoms with E-state index in [2.05, 4.69) is 9.62 Å². The maximum absolute atomic E-state index is 13.3. The van der Waals surface area contributed by atoms with Crippen LogP contribution in [-0.4, -0.2) is 70.6 Å². The molecular weight excluding hydrogens is 446 g/mol. The van der Waals surface area contributed by atoms with Gasteiger partial charge in [0.05, 0.1) is 12.0 Å². The fourth-order valence-corrected chi connectivity index (χ4v) is 5.45. The topological polar surface area (TPSA) is 79.0 Å². The van der Waals surface area contributed by atoms with Gasteiger partial charge in [-0.1, -0.05) is 18.2 Å². The molecule has 1 unspecified atom stereocenters. The molecule has 1 aliphatic rings. The Hall–Kier alpha value is -2.23. The smallest absolute Gasteiger partial charge is 0.241 e. The third kappa shape index (κ3) is 6.40. The molecule has 32 heavy (non-hydrogen) atoms. The average Bonchev–Trinajstić information content (AvgIpc) is 3.08. The molecule has 0 aromatic heterocycles. The highest BCUT2D eigenvalue weighted by Crippen LogP contribution is 2.21. The Morgan fingerprint density at radius 2 is 1.78 bits per heavy atom. The van der Waals surface area contributed by atoms with E-state index in [1.54, 1.807) is 42.0 Å². The van der Waals surface area contributed by atoms with E-state index in [4.69, 9.17) is 4.74 Å². The zero-order chi connectivity index (χ0) is 23.0. The maximum atomic E-state index is 13.3. The number of anilines is 1. The Morgan fingerprint density at radius 3 is 2.44 bits per heavy atom. The summed E-state index contributed by atoms with van der Waals surface area (Å²) in [6, 6.07) is 15.3.